The van der Waals surface area contributed by atoms with E-state index in [2.05, 4.69) is 19.9 Å². The van der Waals surface area contributed by atoms with Crippen LogP contribution in [0.2, 0.25) is 5.02 Å². The predicted octanol–water partition coefficient (Wildman–Crippen LogP) is 5.58. The number of hydrogen-bond donors (Lipinski definition) is 1. The van der Waals surface area contributed by atoms with Crippen molar-refractivity contribution in [3.8, 4) is 10.6 Å². The number of carbonyl (C=O) groups excluding carboxylic acids is 1. The zero-order valence-electron chi connectivity index (χ0n) is 16.0. The van der Waals surface area contributed by atoms with Crippen LogP contribution < -0.4 is 5.32 Å². The third-order valence-electron chi connectivity index (χ3n) is 4.58. The standard InChI is InChI=1S/C22H19ClN4OS/c1-14-20(29-22(25-14)17-5-7-18(23)8-6-17)21(28)26-19-9-3-16(4-10-19)13-27-12-11-24-15(27)2/h3-12H,13H2,1-2H3,(H,26,28). The van der Waals surface area contributed by atoms with E-state index in [0.29, 0.717) is 15.6 Å². The van der Waals surface area contributed by atoms with Gasteiger partial charge >= 0.3 is 0 Å². The molecule has 29 heavy (non-hydrogen) atoms. The van der Waals surface area contributed by atoms with Gasteiger partial charge in [0, 0.05) is 35.2 Å². The Hall–Kier alpha value is -2.96. The van der Waals surface area contributed by atoms with Gasteiger partial charge in [0.1, 0.15) is 15.7 Å². The molecule has 5 nitrogen and oxygen atoms in total. The van der Waals surface area contributed by atoms with Crippen LogP contribution in [0.25, 0.3) is 10.6 Å². The SMILES string of the molecule is Cc1nc(-c2ccc(Cl)cc2)sc1C(=O)Nc1ccc(Cn2ccnc2C)cc1. The smallest absolute Gasteiger partial charge is 0.267 e. The molecule has 0 bridgehead atoms. The number of hydrogen-bond acceptors (Lipinski definition) is 4. The predicted molar refractivity (Wildman–Crippen MR) is 118 cm³/mol. The Bertz CT molecular complexity index is 1150. The van der Waals surface area contributed by atoms with Gasteiger partial charge in [0.2, 0.25) is 0 Å². The van der Waals surface area contributed by atoms with Crippen LogP contribution in [0.15, 0.2) is 60.9 Å². The Balaban J connectivity index is 1.46. The Morgan fingerprint density at radius 3 is 2.48 bits per heavy atom. The summed E-state index contributed by atoms with van der Waals surface area (Å²) >= 11 is 7.33. The fourth-order valence-corrected chi connectivity index (χ4v) is 4.06. The maximum Gasteiger partial charge on any atom is 0.267 e. The first kappa shape index (κ1) is 19.4. The number of amides is 1. The topological polar surface area (TPSA) is 59.8 Å². The molecule has 1 N–H and O–H groups in total. The first-order chi connectivity index (χ1) is 14.0. The van der Waals surface area contributed by atoms with Gasteiger partial charge < -0.3 is 9.88 Å². The largest absolute Gasteiger partial charge is 0.331 e. The molecule has 4 rings (SSSR count). The molecule has 0 fully saturated rings. The number of benzene rings is 2. The molecule has 1 amide bonds. The Morgan fingerprint density at radius 2 is 1.83 bits per heavy atom. The minimum atomic E-state index is -0.154. The highest BCUT2D eigenvalue weighted by Gasteiger charge is 2.16. The number of nitrogens with zero attached hydrogens (tertiary/aromatic N) is 3. The average Bonchev–Trinajstić information content (AvgIpc) is 3.29. The van der Waals surface area contributed by atoms with Gasteiger partial charge in [-0.1, -0.05) is 35.9 Å². The number of anilines is 1. The summed E-state index contributed by atoms with van der Waals surface area (Å²) in [4.78, 5) is 22.1. The highest BCUT2D eigenvalue weighted by molar-refractivity contribution is 7.17. The second kappa shape index (κ2) is 8.19. The Morgan fingerprint density at radius 1 is 1.10 bits per heavy atom. The third-order valence-corrected chi connectivity index (χ3v) is 6.04. The lowest BCUT2D eigenvalue weighted by molar-refractivity contribution is 0.103. The van der Waals surface area contributed by atoms with Gasteiger partial charge in [0.05, 0.1) is 5.69 Å². The number of rotatable bonds is 5. The van der Waals surface area contributed by atoms with Crippen LogP contribution in [0, 0.1) is 13.8 Å². The lowest BCUT2D eigenvalue weighted by atomic mass is 10.2. The van der Waals surface area contributed by atoms with Crippen molar-refractivity contribution >= 4 is 34.5 Å². The lowest BCUT2D eigenvalue weighted by Crippen LogP contribution is -2.11. The fraction of sp³-hybridized carbons (Fsp3) is 0.136. The maximum absolute atomic E-state index is 12.7. The molecule has 0 radical (unpaired) electrons. The zero-order valence-corrected chi connectivity index (χ0v) is 17.6. The third kappa shape index (κ3) is 4.39. The summed E-state index contributed by atoms with van der Waals surface area (Å²) in [5.41, 5.74) is 3.55. The summed E-state index contributed by atoms with van der Waals surface area (Å²) in [6.07, 6.45) is 3.75. The van der Waals surface area contributed by atoms with Crippen molar-refractivity contribution in [1.82, 2.24) is 14.5 Å². The monoisotopic (exact) mass is 422 g/mol. The summed E-state index contributed by atoms with van der Waals surface area (Å²) in [5.74, 6) is 0.818. The normalized spacial score (nSPS) is 10.9. The molecule has 0 saturated heterocycles. The molecule has 0 aliphatic rings. The van der Waals surface area contributed by atoms with Gasteiger partial charge in [-0.3, -0.25) is 4.79 Å². The van der Waals surface area contributed by atoms with Crippen LogP contribution in [0.3, 0.4) is 0 Å². The minimum absolute atomic E-state index is 0.154. The zero-order chi connectivity index (χ0) is 20.4. The molecule has 0 atom stereocenters. The van der Waals surface area contributed by atoms with Gasteiger partial charge in [-0.15, -0.1) is 11.3 Å². The molecule has 4 aromatic rings. The molecule has 0 unspecified atom stereocenters. The van der Waals surface area contributed by atoms with Crippen molar-refractivity contribution in [3.63, 3.8) is 0 Å². The fourth-order valence-electron chi connectivity index (χ4n) is 2.97. The van der Waals surface area contributed by atoms with Crippen LogP contribution in [-0.4, -0.2) is 20.4 Å². The van der Waals surface area contributed by atoms with Crippen LogP contribution in [0.5, 0.6) is 0 Å². The van der Waals surface area contributed by atoms with Crippen LogP contribution in [0.4, 0.5) is 5.69 Å². The van der Waals surface area contributed by atoms with Gasteiger partial charge in [-0.05, 0) is 43.7 Å². The average molecular weight is 423 g/mol. The number of halogens is 1. The minimum Gasteiger partial charge on any atom is -0.331 e. The van der Waals surface area contributed by atoms with Crippen LogP contribution in [-0.2, 0) is 6.54 Å². The van der Waals surface area contributed by atoms with Crippen molar-refractivity contribution in [1.29, 1.82) is 0 Å². The molecule has 2 heterocycles. The van der Waals surface area contributed by atoms with E-state index in [1.54, 1.807) is 6.20 Å². The molecule has 0 spiro atoms. The Kier molecular flexibility index (Phi) is 5.47. The summed E-state index contributed by atoms with van der Waals surface area (Å²) < 4.78 is 2.08. The van der Waals surface area contributed by atoms with Crippen molar-refractivity contribution in [2.24, 2.45) is 0 Å². The molecule has 2 aromatic carbocycles. The highest BCUT2D eigenvalue weighted by Crippen LogP contribution is 2.29. The first-order valence-electron chi connectivity index (χ1n) is 9.11. The lowest BCUT2D eigenvalue weighted by Gasteiger charge is -2.08. The quantitative estimate of drug-likeness (QED) is 0.456. The van der Waals surface area contributed by atoms with E-state index in [1.807, 2.05) is 68.6 Å². The molecule has 146 valence electrons. The first-order valence-corrected chi connectivity index (χ1v) is 10.3. The number of nitrogens with one attached hydrogen (secondary N) is 1. The molecule has 0 aliphatic carbocycles. The van der Waals surface area contributed by atoms with E-state index in [9.17, 15) is 4.79 Å². The second-order valence-electron chi connectivity index (χ2n) is 6.69. The molecule has 2 aromatic heterocycles. The number of carbonyl (C=O) groups is 1. The number of aryl methyl sites for hydroxylation is 2. The summed E-state index contributed by atoms with van der Waals surface area (Å²) in [5, 5.41) is 4.44. The summed E-state index contributed by atoms with van der Waals surface area (Å²) in [6, 6.07) is 15.3. The second-order valence-corrected chi connectivity index (χ2v) is 8.13. The van der Waals surface area contributed by atoms with Crippen LogP contribution in [0.1, 0.15) is 26.8 Å². The molecule has 0 saturated carbocycles. The molecule has 0 aliphatic heterocycles. The van der Waals surface area contributed by atoms with E-state index in [-0.39, 0.29) is 5.91 Å². The van der Waals surface area contributed by atoms with Crippen molar-refractivity contribution in [3.05, 3.63) is 87.9 Å². The van der Waals surface area contributed by atoms with E-state index in [4.69, 9.17) is 11.6 Å². The number of aromatic nitrogens is 3. The van der Waals surface area contributed by atoms with Crippen molar-refractivity contribution < 1.29 is 4.79 Å². The van der Waals surface area contributed by atoms with Crippen molar-refractivity contribution in [2.75, 3.05) is 5.32 Å². The Labute approximate surface area is 178 Å². The van der Waals surface area contributed by atoms with E-state index < -0.39 is 0 Å². The van der Waals surface area contributed by atoms with Gasteiger partial charge in [-0.2, -0.15) is 0 Å². The molecule has 7 heteroatoms. The maximum atomic E-state index is 12.7. The van der Waals surface area contributed by atoms with Gasteiger partial charge in [-0.25, -0.2) is 9.97 Å². The summed E-state index contributed by atoms with van der Waals surface area (Å²) in [6.45, 7) is 4.57. The van der Waals surface area contributed by atoms with Gasteiger partial charge in [0.25, 0.3) is 5.91 Å². The number of imidazole rings is 1. The van der Waals surface area contributed by atoms with Crippen LogP contribution >= 0.6 is 22.9 Å². The van der Waals surface area contributed by atoms with Gasteiger partial charge in [0.15, 0.2) is 0 Å². The van der Waals surface area contributed by atoms with Crippen molar-refractivity contribution in [2.45, 2.75) is 20.4 Å². The number of thiazole rings is 1. The highest BCUT2D eigenvalue weighted by atomic mass is 35.5. The molecular formula is C22H19ClN4OS. The summed E-state index contributed by atoms with van der Waals surface area (Å²) in [7, 11) is 0. The van der Waals surface area contributed by atoms with E-state index >= 15 is 0 Å². The molecular weight excluding hydrogens is 404 g/mol. The van der Waals surface area contributed by atoms with E-state index in [0.717, 1.165) is 34.2 Å². The van der Waals surface area contributed by atoms with E-state index in [1.165, 1.54) is 11.3 Å².